The predicted octanol–water partition coefficient (Wildman–Crippen LogP) is 1.88. The number of benzene rings is 1. The summed E-state index contributed by atoms with van der Waals surface area (Å²) >= 11 is 0. The van der Waals surface area contributed by atoms with Gasteiger partial charge in [0.25, 0.3) is 0 Å². The highest BCUT2D eigenvalue weighted by Gasteiger charge is 2.05. The second-order valence-corrected chi connectivity index (χ2v) is 2.35. The van der Waals surface area contributed by atoms with E-state index in [1.807, 2.05) is 19.1 Å². The quantitative estimate of drug-likeness (QED) is 0.495. The number of hydrogen-bond acceptors (Lipinski definition) is 3. The van der Waals surface area contributed by atoms with Crippen LogP contribution < -0.4 is 0 Å². The Morgan fingerprint density at radius 1 is 1.33 bits per heavy atom. The fourth-order valence-electron chi connectivity index (χ4n) is 0.791. The van der Waals surface area contributed by atoms with Gasteiger partial charge in [-0.2, -0.15) is 4.89 Å². The van der Waals surface area contributed by atoms with E-state index in [-0.39, 0.29) is 0 Å². The van der Waals surface area contributed by atoms with Crippen LogP contribution in [0.25, 0.3) is 0 Å². The maximum atomic E-state index is 11.0. The number of hydrogen-bond donors (Lipinski definition) is 0. The van der Waals surface area contributed by atoms with Gasteiger partial charge in [-0.15, -0.1) is 0 Å². The summed E-state index contributed by atoms with van der Waals surface area (Å²) in [5.74, 6) is -0.537. The molecule has 12 heavy (non-hydrogen) atoms. The first-order valence-corrected chi connectivity index (χ1v) is 3.43. The van der Waals surface area contributed by atoms with Crippen LogP contribution in [0.1, 0.15) is 15.9 Å². The first-order chi connectivity index (χ1) is 5.74. The van der Waals surface area contributed by atoms with Crippen LogP contribution in [-0.2, 0) is 9.78 Å². The molecule has 1 radical (unpaired) electrons. The van der Waals surface area contributed by atoms with Crippen molar-refractivity contribution in [3.63, 3.8) is 0 Å². The minimum atomic E-state index is -0.537. The van der Waals surface area contributed by atoms with Crippen LogP contribution >= 0.6 is 0 Å². The zero-order chi connectivity index (χ0) is 8.97. The summed E-state index contributed by atoms with van der Waals surface area (Å²) in [5, 5.41) is 0. The third-order valence-electron chi connectivity index (χ3n) is 1.42. The van der Waals surface area contributed by atoms with Crippen molar-refractivity contribution in [3.8, 4) is 0 Å². The molecular weight excluding hydrogens is 156 g/mol. The summed E-state index contributed by atoms with van der Waals surface area (Å²) in [4.78, 5) is 19.2. The molecule has 0 saturated carbocycles. The molecule has 0 unspecified atom stereocenters. The largest absolute Gasteiger partial charge is 0.373 e. The van der Waals surface area contributed by atoms with Gasteiger partial charge in [0.15, 0.2) is 0 Å². The second-order valence-electron chi connectivity index (χ2n) is 2.35. The van der Waals surface area contributed by atoms with E-state index in [1.54, 1.807) is 12.1 Å². The van der Waals surface area contributed by atoms with E-state index >= 15 is 0 Å². The Balaban J connectivity index is 2.75. The summed E-state index contributed by atoms with van der Waals surface area (Å²) < 4.78 is 0. The van der Waals surface area contributed by atoms with Gasteiger partial charge in [0, 0.05) is 0 Å². The van der Waals surface area contributed by atoms with E-state index in [0.29, 0.717) is 5.56 Å². The van der Waals surface area contributed by atoms with Crippen molar-refractivity contribution >= 4 is 5.97 Å². The first kappa shape index (κ1) is 8.74. The smallest absolute Gasteiger partial charge is 0.293 e. The van der Waals surface area contributed by atoms with Crippen molar-refractivity contribution in [1.82, 2.24) is 0 Å². The summed E-state index contributed by atoms with van der Waals surface area (Å²) in [6, 6.07) is 6.97. The van der Waals surface area contributed by atoms with Crippen LogP contribution in [0.2, 0.25) is 0 Å². The summed E-state index contributed by atoms with van der Waals surface area (Å²) in [5.41, 5.74) is 1.53. The van der Waals surface area contributed by atoms with Crippen LogP contribution in [-0.4, -0.2) is 5.97 Å². The van der Waals surface area contributed by atoms with Gasteiger partial charge in [-0.05, 0) is 19.1 Å². The van der Waals surface area contributed by atoms with E-state index in [4.69, 9.17) is 0 Å². The first-order valence-electron chi connectivity index (χ1n) is 3.43. The van der Waals surface area contributed by atoms with E-state index < -0.39 is 5.97 Å². The molecule has 0 amide bonds. The lowest BCUT2D eigenvalue weighted by molar-refractivity contribution is -0.195. The van der Waals surface area contributed by atoms with Crippen molar-refractivity contribution in [2.45, 2.75) is 6.92 Å². The molecule has 0 saturated heterocycles. The van der Waals surface area contributed by atoms with E-state index in [1.165, 1.54) is 0 Å². The number of carbonyl (C=O) groups is 1. The van der Waals surface area contributed by atoms with Gasteiger partial charge in [0.1, 0.15) is 7.11 Å². The van der Waals surface area contributed by atoms with E-state index in [0.717, 1.165) is 5.56 Å². The van der Waals surface area contributed by atoms with Gasteiger partial charge in [-0.1, -0.05) is 17.7 Å². The standard InChI is InChI=1S/C9H9O3/c1-7-3-5-8(6-4-7)9(10)12-11-2/h3-6H,2H2,1H3. The van der Waals surface area contributed by atoms with Crippen molar-refractivity contribution in [2.24, 2.45) is 0 Å². The average Bonchev–Trinajstić information content (AvgIpc) is 2.06. The van der Waals surface area contributed by atoms with Crippen molar-refractivity contribution in [2.75, 3.05) is 0 Å². The lowest BCUT2D eigenvalue weighted by Gasteiger charge is -1.98. The Hall–Kier alpha value is -1.35. The lowest BCUT2D eigenvalue weighted by Crippen LogP contribution is -2.02. The average molecular weight is 165 g/mol. The normalized spacial score (nSPS) is 9.50. The van der Waals surface area contributed by atoms with Gasteiger partial charge >= 0.3 is 5.97 Å². The molecule has 0 bridgehead atoms. The zero-order valence-corrected chi connectivity index (χ0v) is 6.74. The molecule has 0 aliphatic carbocycles. The molecule has 0 fully saturated rings. The summed E-state index contributed by atoms with van der Waals surface area (Å²) in [7, 11) is 2.93. The number of carbonyl (C=O) groups excluding carboxylic acids is 1. The molecule has 1 rings (SSSR count). The fraction of sp³-hybridized carbons (Fsp3) is 0.111. The fourth-order valence-corrected chi connectivity index (χ4v) is 0.791. The third-order valence-corrected chi connectivity index (χ3v) is 1.42. The Morgan fingerprint density at radius 3 is 2.42 bits per heavy atom. The van der Waals surface area contributed by atoms with Gasteiger partial charge in [-0.25, -0.2) is 4.79 Å². The molecule has 3 heteroatoms. The molecule has 63 valence electrons. The minimum absolute atomic E-state index is 0.448. The molecule has 3 nitrogen and oxygen atoms in total. The maximum Gasteiger partial charge on any atom is 0.373 e. The molecule has 0 aliphatic rings. The van der Waals surface area contributed by atoms with Gasteiger partial charge in [-0.3, -0.25) is 4.89 Å². The highest BCUT2D eigenvalue weighted by molar-refractivity contribution is 5.88. The van der Waals surface area contributed by atoms with E-state index in [9.17, 15) is 4.79 Å². The second kappa shape index (κ2) is 3.88. The summed E-state index contributed by atoms with van der Waals surface area (Å²) in [6.07, 6.45) is 0. The van der Waals surface area contributed by atoms with Crippen LogP contribution in [0.5, 0.6) is 0 Å². The van der Waals surface area contributed by atoms with Crippen LogP contribution in [0.15, 0.2) is 24.3 Å². The molecule has 1 aromatic carbocycles. The van der Waals surface area contributed by atoms with Crippen molar-refractivity contribution in [1.29, 1.82) is 0 Å². The van der Waals surface area contributed by atoms with Crippen LogP contribution in [0, 0.1) is 14.0 Å². The maximum absolute atomic E-state index is 11.0. The third kappa shape index (κ3) is 2.07. The summed E-state index contributed by atoms with van der Waals surface area (Å²) in [6.45, 7) is 1.94. The van der Waals surface area contributed by atoms with Gasteiger partial charge < -0.3 is 0 Å². The molecule has 0 heterocycles. The lowest BCUT2D eigenvalue weighted by atomic mass is 10.2. The number of aryl methyl sites for hydroxylation is 1. The highest BCUT2D eigenvalue weighted by atomic mass is 17.2. The topological polar surface area (TPSA) is 35.5 Å². The van der Waals surface area contributed by atoms with Crippen LogP contribution in [0.3, 0.4) is 0 Å². The van der Waals surface area contributed by atoms with Crippen molar-refractivity contribution < 1.29 is 14.6 Å². The minimum Gasteiger partial charge on any atom is -0.293 e. The predicted molar refractivity (Wildman–Crippen MR) is 43.0 cm³/mol. The zero-order valence-electron chi connectivity index (χ0n) is 6.74. The molecule has 0 N–H and O–H groups in total. The highest BCUT2D eigenvalue weighted by Crippen LogP contribution is 2.04. The molecule has 0 aliphatic heterocycles. The molecule has 1 aromatic rings. The Bertz CT molecular complexity index is 264. The molecule has 0 aromatic heterocycles. The molecule has 0 atom stereocenters. The van der Waals surface area contributed by atoms with Crippen molar-refractivity contribution in [3.05, 3.63) is 42.5 Å². The molecular formula is C9H9O3. The Kier molecular flexibility index (Phi) is 2.82. The Labute approximate surface area is 70.8 Å². The SMILES string of the molecule is [CH2]OOC(=O)c1ccc(C)cc1. The monoisotopic (exact) mass is 165 g/mol. The Morgan fingerprint density at radius 2 is 1.92 bits per heavy atom. The van der Waals surface area contributed by atoms with Gasteiger partial charge in [0.05, 0.1) is 5.56 Å². The van der Waals surface area contributed by atoms with E-state index in [2.05, 4.69) is 16.9 Å². The van der Waals surface area contributed by atoms with Crippen LogP contribution in [0.4, 0.5) is 0 Å². The van der Waals surface area contributed by atoms with Gasteiger partial charge in [0.2, 0.25) is 0 Å². The number of rotatable bonds is 2. The molecule has 0 spiro atoms.